The first-order valence-corrected chi connectivity index (χ1v) is 7.54. The Morgan fingerprint density at radius 1 is 1.50 bits per heavy atom. The molecular formula is C15H20F2N2O3. The number of hydrogen-bond donors (Lipinski definition) is 0. The minimum absolute atomic E-state index is 0.0299. The van der Waals surface area contributed by atoms with Gasteiger partial charge in [-0.2, -0.15) is 0 Å². The van der Waals surface area contributed by atoms with Crippen LogP contribution in [0.4, 0.5) is 8.78 Å². The zero-order chi connectivity index (χ0) is 15.7. The molecule has 0 radical (unpaired) electrons. The van der Waals surface area contributed by atoms with Gasteiger partial charge in [0.1, 0.15) is 0 Å². The molecule has 2 fully saturated rings. The summed E-state index contributed by atoms with van der Waals surface area (Å²) in [6.45, 7) is 3.34. The lowest BCUT2D eigenvalue weighted by molar-refractivity contribution is -0.0156. The number of amides is 1. The van der Waals surface area contributed by atoms with Crippen molar-refractivity contribution in [3.05, 3.63) is 24.2 Å². The summed E-state index contributed by atoms with van der Waals surface area (Å²) in [6.07, 6.45) is 1.28. The number of hydrogen-bond acceptors (Lipinski definition) is 4. The number of alkyl halides is 2. The Morgan fingerprint density at radius 3 is 2.91 bits per heavy atom. The van der Waals surface area contributed by atoms with E-state index in [4.69, 9.17) is 9.15 Å². The van der Waals surface area contributed by atoms with E-state index in [1.165, 1.54) is 6.26 Å². The molecule has 1 atom stereocenters. The van der Waals surface area contributed by atoms with Crippen LogP contribution >= 0.6 is 0 Å². The molecule has 0 aliphatic carbocycles. The van der Waals surface area contributed by atoms with Gasteiger partial charge in [-0.25, -0.2) is 8.78 Å². The molecule has 0 spiro atoms. The largest absolute Gasteiger partial charge is 0.459 e. The zero-order valence-electron chi connectivity index (χ0n) is 12.5. The van der Waals surface area contributed by atoms with Gasteiger partial charge in [-0.1, -0.05) is 0 Å². The Hall–Kier alpha value is -1.47. The molecule has 22 heavy (non-hydrogen) atoms. The average Bonchev–Trinajstić information content (AvgIpc) is 3.02. The monoisotopic (exact) mass is 314 g/mol. The Bertz CT molecular complexity index is 515. The van der Waals surface area contributed by atoms with Gasteiger partial charge >= 0.3 is 0 Å². The predicted octanol–water partition coefficient (Wildman–Crippen LogP) is 1.85. The van der Waals surface area contributed by atoms with Gasteiger partial charge in [0.2, 0.25) is 0 Å². The van der Waals surface area contributed by atoms with E-state index >= 15 is 0 Å². The highest BCUT2D eigenvalue weighted by molar-refractivity contribution is 5.92. The van der Waals surface area contributed by atoms with Crippen molar-refractivity contribution in [2.45, 2.75) is 31.4 Å². The van der Waals surface area contributed by atoms with Crippen molar-refractivity contribution in [3.63, 3.8) is 0 Å². The van der Waals surface area contributed by atoms with Gasteiger partial charge in [0.25, 0.3) is 11.8 Å². The van der Waals surface area contributed by atoms with Gasteiger partial charge in [-0.3, -0.25) is 9.69 Å². The third kappa shape index (κ3) is 3.01. The molecule has 0 aromatic carbocycles. The molecule has 2 saturated heterocycles. The quantitative estimate of drug-likeness (QED) is 0.832. The van der Waals surface area contributed by atoms with E-state index in [-0.39, 0.29) is 36.7 Å². The van der Waals surface area contributed by atoms with Crippen LogP contribution in [0.2, 0.25) is 0 Å². The minimum Gasteiger partial charge on any atom is -0.459 e. The van der Waals surface area contributed by atoms with E-state index in [0.717, 1.165) is 0 Å². The molecule has 0 bridgehead atoms. The van der Waals surface area contributed by atoms with Crippen LogP contribution in [0.1, 0.15) is 23.9 Å². The molecule has 3 rings (SSSR count). The number of likely N-dealkylation sites (tertiary alicyclic amines) is 2. The number of furan rings is 1. The first-order chi connectivity index (χ1) is 10.5. The van der Waals surface area contributed by atoms with Gasteiger partial charge in [0.05, 0.1) is 19.4 Å². The number of rotatable bonds is 5. The van der Waals surface area contributed by atoms with Crippen molar-refractivity contribution in [2.24, 2.45) is 0 Å². The second-order valence-corrected chi connectivity index (χ2v) is 5.89. The fourth-order valence-corrected chi connectivity index (χ4v) is 3.15. The Balaban J connectivity index is 1.57. The number of halogens is 2. The maximum absolute atomic E-state index is 13.7. The van der Waals surface area contributed by atoms with Gasteiger partial charge in [-0.15, -0.1) is 0 Å². The second kappa shape index (κ2) is 5.96. The number of carbonyl (C=O) groups is 1. The molecule has 0 saturated carbocycles. The van der Waals surface area contributed by atoms with Crippen molar-refractivity contribution in [2.75, 3.05) is 32.8 Å². The van der Waals surface area contributed by atoms with E-state index in [9.17, 15) is 13.6 Å². The second-order valence-electron chi connectivity index (χ2n) is 5.89. The van der Waals surface area contributed by atoms with Gasteiger partial charge in [0.15, 0.2) is 5.76 Å². The van der Waals surface area contributed by atoms with Crippen LogP contribution in [0.25, 0.3) is 0 Å². The third-order valence-electron chi connectivity index (χ3n) is 4.28. The van der Waals surface area contributed by atoms with Crippen molar-refractivity contribution in [1.82, 2.24) is 9.80 Å². The highest BCUT2D eigenvalue weighted by Gasteiger charge is 2.50. The average molecular weight is 314 g/mol. The van der Waals surface area contributed by atoms with Crippen LogP contribution in [0.5, 0.6) is 0 Å². The third-order valence-corrected chi connectivity index (χ3v) is 4.28. The molecule has 5 nitrogen and oxygen atoms in total. The summed E-state index contributed by atoms with van der Waals surface area (Å²) in [7, 11) is 0. The van der Waals surface area contributed by atoms with Crippen molar-refractivity contribution in [3.8, 4) is 0 Å². The lowest BCUT2D eigenvalue weighted by Gasteiger charge is -2.45. The van der Waals surface area contributed by atoms with E-state index < -0.39 is 5.92 Å². The van der Waals surface area contributed by atoms with Gasteiger partial charge in [-0.05, 0) is 19.1 Å². The molecule has 1 amide bonds. The summed E-state index contributed by atoms with van der Waals surface area (Å²) in [6, 6.07) is 2.96. The summed E-state index contributed by atoms with van der Waals surface area (Å²) in [4.78, 5) is 15.5. The fraction of sp³-hybridized carbons (Fsp3) is 0.667. The summed E-state index contributed by atoms with van der Waals surface area (Å²) >= 11 is 0. The molecule has 122 valence electrons. The number of ether oxygens (including phenoxy) is 1. The Kier molecular flexibility index (Phi) is 4.18. The first-order valence-electron chi connectivity index (χ1n) is 7.54. The zero-order valence-corrected chi connectivity index (χ0v) is 12.5. The Morgan fingerprint density at radius 2 is 2.27 bits per heavy atom. The molecule has 0 unspecified atom stereocenters. The summed E-state index contributed by atoms with van der Waals surface area (Å²) in [5.41, 5.74) is 0. The maximum atomic E-state index is 13.7. The first kappa shape index (κ1) is 15.4. The van der Waals surface area contributed by atoms with Crippen LogP contribution in [0.3, 0.4) is 0 Å². The van der Waals surface area contributed by atoms with Crippen molar-refractivity contribution < 1.29 is 22.7 Å². The van der Waals surface area contributed by atoms with Crippen molar-refractivity contribution in [1.29, 1.82) is 0 Å². The Labute approximate surface area is 127 Å². The van der Waals surface area contributed by atoms with Crippen LogP contribution in [-0.4, -0.2) is 66.6 Å². The van der Waals surface area contributed by atoms with Gasteiger partial charge < -0.3 is 14.1 Å². The standard InChI is InChI=1S/C15H20F2N2O3/c1-2-21-9-11-6-15(16,17)10-19(11)12-7-18(8-12)14(20)13-4-3-5-22-13/h3-5,11-12H,2,6-10H2,1H3/t11-/m0/s1. The predicted molar refractivity (Wildman–Crippen MR) is 75.0 cm³/mol. The molecular weight excluding hydrogens is 294 g/mol. The molecule has 0 N–H and O–H groups in total. The minimum atomic E-state index is -2.67. The molecule has 1 aromatic heterocycles. The van der Waals surface area contributed by atoms with Crippen LogP contribution in [0.15, 0.2) is 22.8 Å². The number of carbonyl (C=O) groups excluding carboxylic acids is 1. The molecule has 2 aliphatic rings. The lowest BCUT2D eigenvalue weighted by Crippen LogP contribution is -2.62. The summed E-state index contributed by atoms with van der Waals surface area (Å²) < 4.78 is 37.8. The van der Waals surface area contributed by atoms with Crippen LogP contribution in [-0.2, 0) is 4.74 Å². The van der Waals surface area contributed by atoms with Crippen molar-refractivity contribution >= 4 is 5.91 Å². The summed E-state index contributed by atoms with van der Waals surface area (Å²) in [5, 5.41) is 0. The maximum Gasteiger partial charge on any atom is 0.289 e. The van der Waals surface area contributed by atoms with E-state index in [0.29, 0.717) is 26.3 Å². The molecule has 2 aliphatic heterocycles. The van der Waals surface area contributed by atoms with Gasteiger partial charge in [0, 0.05) is 38.2 Å². The molecule has 1 aromatic rings. The van der Waals surface area contributed by atoms with E-state index in [1.807, 2.05) is 6.92 Å². The normalized spacial score (nSPS) is 25.4. The number of nitrogens with zero attached hydrogens (tertiary/aromatic N) is 2. The SMILES string of the molecule is CCOC[C@@H]1CC(F)(F)CN1C1CN(C(=O)c2ccco2)C1. The van der Waals surface area contributed by atoms with E-state index in [2.05, 4.69) is 0 Å². The smallest absolute Gasteiger partial charge is 0.289 e. The lowest BCUT2D eigenvalue weighted by atomic mass is 10.1. The van der Waals surface area contributed by atoms with Crippen LogP contribution in [0, 0.1) is 0 Å². The summed E-state index contributed by atoms with van der Waals surface area (Å²) in [5.74, 6) is -2.57. The fourth-order valence-electron chi connectivity index (χ4n) is 3.15. The highest BCUT2D eigenvalue weighted by Crippen LogP contribution is 2.35. The molecule has 3 heterocycles. The van der Waals surface area contributed by atoms with Crippen LogP contribution < -0.4 is 0 Å². The topological polar surface area (TPSA) is 45.9 Å². The highest BCUT2D eigenvalue weighted by atomic mass is 19.3. The van der Waals surface area contributed by atoms with E-state index in [1.54, 1.807) is 21.9 Å². The molecule has 7 heteroatoms.